The predicted molar refractivity (Wildman–Crippen MR) is 89.5 cm³/mol. The van der Waals surface area contributed by atoms with Crippen LogP contribution in [-0.2, 0) is 16.1 Å². The van der Waals surface area contributed by atoms with E-state index < -0.39 is 0 Å². The molecule has 1 fully saturated rings. The summed E-state index contributed by atoms with van der Waals surface area (Å²) < 4.78 is 5.57. The smallest absolute Gasteiger partial charge is 0.225 e. The standard InChI is InChI=1S/C19H29NO2/c1-15(2)14-22-12-11-19(21)20(16(3)18-9-10-18)13-17-7-5-4-6-8-17/h4-8,15-16,18H,9-14H2,1-3H3. The minimum atomic E-state index is 0.215. The van der Waals surface area contributed by atoms with Crippen molar-refractivity contribution in [3.05, 3.63) is 35.9 Å². The quantitative estimate of drug-likeness (QED) is 0.648. The molecule has 1 unspecified atom stereocenters. The number of hydrogen-bond acceptors (Lipinski definition) is 2. The number of amides is 1. The number of benzene rings is 1. The zero-order valence-electron chi connectivity index (χ0n) is 14.1. The largest absolute Gasteiger partial charge is 0.381 e. The van der Waals surface area contributed by atoms with Gasteiger partial charge in [-0.15, -0.1) is 0 Å². The monoisotopic (exact) mass is 303 g/mol. The van der Waals surface area contributed by atoms with E-state index in [1.165, 1.54) is 18.4 Å². The Morgan fingerprint density at radius 3 is 2.50 bits per heavy atom. The molecule has 2 rings (SSSR count). The van der Waals surface area contributed by atoms with Crippen LogP contribution in [0.3, 0.4) is 0 Å². The van der Waals surface area contributed by atoms with E-state index in [1.807, 2.05) is 23.1 Å². The maximum atomic E-state index is 12.6. The number of nitrogens with zero attached hydrogens (tertiary/aromatic N) is 1. The molecular weight excluding hydrogens is 274 g/mol. The second-order valence-corrected chi connectivity index (χ2v) is 6.80. The summed E-state index contributed by atoms with van der Waals surface area (Å²) in [4.78, 5) is 14.7. The highest BCUT2D eigenvalue weighted by atomic mass is 16.5. The number of ether oxygens (including phenoxy) is 1. The third-order valence-corrected chi connectivity index (χ3v) is 4.22. The van der Waals surface area contributed by atoms with Gasteiger partial charge in [0.15, 0.2) is 0 Å². The molecule has 1 amide bonds. The van der Waals surface area contributed by atoms with E-state index in [0.717, 1.165) is 6.61 Å². The lowest BCUT2D eigenvalue weighted by Crippen LogP contribution is -2.39. The zero-order valence-corrected chi connectivity index (χ0v) is 14.1. The summed E-state index contributed by atoms with van der Waals surface area (Å²) in [6.07, 6.45) is 2.99. The SMILES string of the molecule is CC(C)COCCC(=O)N(Cc1ccccc1)C(C)C1CC1. The summed E-state index contributed by atoms with van der Waals surface area (Å²) in [7, 11) is 0. The van der Waals surface area contributed by atoms with Gasteiger partial charge in [-0.3, -0.25) is 4.79 Å². The molecule has 1 saturated carbocycles. The van der Waals surface area contributed by atoms with Crippen molar-refractivity contribution in [3.8, 4) is 0 Å². The van der Waals surface area contributed by atoms with Crippen LogP contribution < -0.4 is 0 Å². The summed E-state index contributed by atoms with van der Waals surface area (Å²) in [5.74, 6) is 1.41. The van der Waals surface area contributed by atoms with E-state index in [2.05, 4.69) is 32.9 Å². The van der Waals surface area contributed by atoms with Crippen LogP contribution in [0.1, 0.15) is 45.6 Å². The molecule has 22 heavy (non-hydrogen) atoms. The normalized spacial score (nSPS) is 15.8. The van der Waals surface area contributed by atoms with Crippen molar-refractivity contribution in [1.29, 1.82) is 0 Å². The molecule has 1 aliphatic rings. The van der Waals surface area contributed by atoms with Crippen molar-refractivity contribution >= 4 is 5.91 Å². The van der Waals surface area contributed by atoms with Crippen molar-refractivity contribution in [2.24, 2.45) is 11.8 Å². The molecule has 122 valence electrons. The maximum Gasteiger partial charge on any atom is 0.225 e. The molecule has 1 aromatic rings. The maximum absolute atomic E-state index is 12.6. The van der Waals surface area contributed by atoms with Crippen molar-refractivity contribution < 1.29 is 9.53 Å². The second kappa shape index (κ2) is 8.33. The van der Waals surface area contributed by atoms with Crippen LogP contribution in [0.5, 0.6) is 0 Å². The van der Waals surface area contributed by atoms with Crippen LogP contribution in [0.2, 0.25) is 0 Å². The minimum absolute atomic E-state index is 0.215. The topological polar surface area (TPSA) is 29.5 Å². The van der Waals surface area contributed by atoms with E-state index in [0.29, 0.717) is 37.5 Å². The Bertz CT molecular complexity index is 454. The summed E-state index contributed by atoms with van der Waals surface area (Å²) in [5.41, 5.74) is 1.20. The molecule has 0 radical (unpaired) electrons. The first-order valence-electron chi connectivity index (χ1n) is 8.49. The Hall–Kier alpha value is -1.35. The molecular formula is C19H29NO2. The second-order valence-electron chi connectivity index (χ2n) is 6.80. The van der Waals surface area contributed by atoms with Gasteiger partial charge in [-0.25, -0.2) is 0 Å². The molecule has 1 aliphatic carbocycles. The first-order chi connectivity index (χ1) is 10.6. The van der Waals surface area contributed by atoms with Gasteiger partial charge in [0.05, 0.1) is 13.0 Å². The molecule has 1 atom stereocenters. The van der Waals surface area contributed by atoms with Gasteiger partial charge in [-0.1, -0.05) is 44.2 Å². The number of carbonyl (C=O) groups is 1. The summed E-state index contributed by atoms with van der Waals surface area (Å²) in [5, 5.41) is 0. The number of rotatable bonds is 9. The van der Waals surface area contributed by atoms with Crippen LogP contribution in [0, 0.1) is 11.8 Å². The van der Waals surface area contributed by atoms with Crippen molar-refractivity contribution in [2.45, 2.75) is 52.6 Å². The average Bonchev–Trinajstić information content (AvgIpc) is 3.34. The van der Waals surface area contributed by atoms with Crippen LogP contribution in [0.25, 0.3) is 0 Å². The summed E-state index contributed by atoms with van der Waals surface area (Å²) in [6.45, 7) is 8.40. The lowest BCUT2D eigenvalue weighted by Gasteiger charge is -2.30. The lowest BCUT2D eigenvalue weighted by atomic mass is 10.1. The van der Waals surface area contributed by atoms with Crippen molar-refractivity contribution in [3.63, 3.8) is 0 Å². The Labute approximate surface area is 134 Å². The molecule has 1 aromatic carbocycles. The fourth-order valence-electron chi connectivity index (χ4n) is 2.69. The third-order valence-electron chi connectivity index (χ3n) is 4.22. The van der Waals surface area contributed by atoms with Gasteiger partial charge < -0.3 is 9.64 Å². The van der Waals surface area contributed by atoms with E-state index in [1.54, 1.807) is 0 Å². The van der Waals surface area contributed by atoms with Gasteiger partial charge in [-0.05, 0) is 37.2 Å². The number of hydrogen-bond donors (Lipinski definition) is 0. The van der Waals surface area contributed by atoms with Crippen LogP contribution in [0.15, 0.2) is 30.3 Å². The molecule has 0 saturated heterocycles. The fourth-order valence-corrected chi connectivity index (χ4v) is 2.69. The van der Waals surface area contributed by atoms with Gasteiger partial charge in [0, 0.05) is 19.2 Å². The highest BCUT2D eigenvalue weighted by Gasteiger charge is 2.34. The Kier molecular flexibility index (Phi) is 6.44. The van der Waals surface area contributed by atoms with Crippen LogP contribution in [0.4, 0.5) is 0 Å². The summed E-state index contributed by atoms with van der Waals surface area (Å²) in [6, 6.07) is 10.6. The molecule has 0 aliphatic heterocycles. The zero-order chi connectivity index (χ0) is 15.9. The van der Waals surface area contributed by atoms with Gasteiger partial charge in [-0.2, -0.15) is 0 Å². The minimum Gasteiger partial charge on any atom is -0.381 e. The average molecular weight is 303 g/mol. The molecule has 0 N–H and O–H groups in total. The first-order valence-corrected chi connectivity index (χ1v) is 8.49. The Morgan fingerprint density at radius 2 is 1.91 bits per heavy atom. The van der Waals surface area contributed by atoms with Gasteiger partial charge in [0.1, 0.15) is 0 Å². The lowest BCUT2D eigenvalue weighted by molar-refractivity contribution is -0.135. The van der Waals surface area contributed by atoms with E-state index in [9.17, 15) is 4.79 Å². The van der Waals surface area contributed by atoms with Crippen LogP contribution in [-0.4, -0.2) is 30.1 Å². The Morgan fingerprint density at radius 1 is 1.23 bits per heavy atom. The van der Waals surface area contributed by atoms with Gasteiger partial charge >= 0.3 is 0 Å². The van der Waals surface area contributed by atoms with E-state index >= 15 is 0 Å². The number of carbonyl (C=O) groups excluding carboxylic acids is 1. The highest BCUT2D eigenvalue weighted by molar-refractivity contribution is 5.76. The fraction of sp³-hybridized carbons (Fsp3) is 0.632. The van der Waals surface area contributed by atoms with E-state index in [-0.39, 0.29) is 5.91 Å². The van der Waals surface area contributed by atoms with E-state index in [4.69, 9.17) is 4.74 Å². The molecule has 0 aromatic heterocycles. The third kappa shape index (κ3) is 5.45. The van der Waals surface area contributed by atoms with Gasteiger partial charge in [0.2, 0.25) is 5.91 Å². The molecule has 0 spiro atoms. The summed E-state index contributed by atoms with van der Waals surface area (Å²) >= 11 is 0. The Balaban J connectivity index is 1.90. The molecule has 3 heteroatoms. The highest BCUT2D eigenvalue weighted by Crippen LogP contribution is 2.35. The predicted octanol–water partition coefficient (Wildman–Crippen LogP) is 3.88. The first kappa shape index (κ1) is 17.0. The van der Waals surface area contributed by atoms with Crippen molar-refractivity contribution in [2.75, 3.05) is 13.2 Å². The molecule has 3 nitrogen and oxygen atoms in total. The molecule has 0 bridgehead atoms. The van der Waals surface area contributed by atoms with Crippen LogP contribution >= 0.6 is 0 Å². The van der Waals surface area contributed by atoms with Gasteiger partial charge in [0.25, 0.3) is 0 Å². The molecule has 0 heterocycles. The van der Waals surface area contributed by atoms with Crippen molar-refractivity contribution in [1.82, 2.24) is 4.90 Å².